The first-order valence-electron chi connectivity index (χ1n) is 9.01. The van der Waals surface area contributed by atoms with Gasteiger partial charge in [0.2, 0.25) is 0 Å². The molecular formula is C20H24NO6S-. The van der Waals surface area contributed by atoms with Gasteiger partial charge in [0, 0.05) is 17.0 Å². The van der Waals surface area contributed by atoms with E-state index in [1.54, 1.807) is 19.1 Å². The highest BCUT2D eigenvalue weighted by Crippen LogP contribution is 2.29. The molecule has 0 saturated carbocycles. The maximum absolute atomic E-state index is 12.3. The maximum Gasteiger partial charge on any atom is 0.336 e. The van der Waals surface area contributed by atoms with Crippen molar-refractivity contribution < 1.29 is 23.8 Å². The molecule has 1 N–H and O–H groups in total. The van der Waals surface area contributed by atoms with Gasteiger partial charge in [0.05, 0.1) is 12.0 Å². The molecule has 0 aliphatic rings. The highest BCUT2D eigenvalue weighted by atomic mass is 32.2. The molecular weight excluding hydrogens is 382 g/mol. The normalized spacial score (nSPS) is 13.1. The Balaban J connectivity index is 2.21. The van der Waals surface area contributed by atoms with Gasteiger partial charge in [-0.2, -0.15) is 11.8 Å². The number of benzene rings is 1. The Morgan fingerprint density at radius 3 is 2.68 bits per heavy atom. The number of carbonyl (C=O) groups is 2. The summed E-state index contributed by atoms with van der Waals surface area (Å²) in [5.74, 6) is -0.916. The van der Waals surface area contributed by atoms with Crippen LogP contribution in [0.15, 0.2) is 27.4 Å². The molecule has 2 aromatic rings. The summed E-state index contributed by atoms with van der Waals surface area (Å²) in [5.41, 5.74) is 1.45. The number of carbonyl (C=O) groups excluding carboxylic acids is 2. The van der Waals surface area contributed by atoms with E-state index >= 15 is 0 Å². The second-order valence-corrected chi connectivity index (χ2v) is 7.42. The molecule has 1 heterocycles. The van der Waals surface area contributed by atoms with Crippen LogP contribution >= 0.6 is 11.8 Å². The number of rotatable bonds is 9. The van der Waals surface area contributed by atoms with Crippen molar-refractivity contribution in [3.63, 3.8) is 0 Å². The number of hydrogen-bond donors (Lipinski definition) is 1. The van der Waals surface area contributed by atoms with Gasteiger partial charge >= 0.3 is 5.63 Å². The molecule has 1 aromatic heterocycles. The third-order valence-electron chi connectivity index (χ3n) is 4.46. The van der Waals surface area contributed by atoms with Gasteiger partial charge in [-0.25, -0.2) is 4.79 Å². The lowest BCUT2D eigenvalue weighted by Gasteiger charge is -2.22. The van der Waals surface area contributed by atoms with Crippen LogP contribution < -0.4 is 20.8 Å². The van der Waals surface area contributed by atoms with Crippen LogP contribution in [0.4, 0.5) is 0 Å². The number of carboxylic acid groups (broad SMARTS) is 1. The number of thioether (sulfide) groups is 1. The van der Waals surface area contributed by atoms with E-state index in [0.717, 1.165) is 10.9 Å². The van der Waals surface area contributed by atoms with Crippen LogP contribution in [0.3, 0.4) is 0 Å². The Morgan fingerprint density at radius 2 is 2.07 bits per heavy atom. The number of nitrogens with one attached hydrogen (secondary N) is 1. The quantitative estimate of drug-likeness (QED) is 0.627. The molecule has 0 bridgehead atoms. The lowest BCUT2D eigenvalue weighted by atomic mass is 10.0. The molecule has 7 nitrogen and oxygen atoms in total. The average molecular weight is 406 g/mol. The van der Waals surface area contributed by atoms with Crippen molar-refractivity contribution in [1.82, 2.24) is 5.32 Å². The van der Waals surface area contributed by atoms with Crippen LogP contribution in [0.25, 0.3) is 11.0 Å². The zero-order valence-corrected chi connectivity index (χ0v) is 17.2. The number of aliphatic carboxylic acids is 1. The Bertz CT molecular complexity index is 923. The summed E-state index contributed by atoms with van der Waals surface area (Å²) in [4.78, 5) is 35.3. The van der Waals surface area contributed by atoms with Crippen molar-refractivity contribution in [3.05, 3.63) is 39.7 Å². The van der Waals surface area contributed by atoms with Crippen LogP contribution in [0.2, 0.25) is 0 Å². The van der Waals surface area contributed by atoms with E-state index in [4.69, 9.17) is 9.15 Å². The fourth-order valence-electron chi connectivity index (χ4n) is 2.85. The van der Waals surface area contributed by atoms with E-state index in [9.17, 15) is 19.5 Å². The molecule has 28 heavy (non-hydrogen) atoms. The van der Waals surface area contributed by atoms with Gasteiger partial charge in [-0.05, 0) is 56.4 Å². The first kappa shape index (κ1) is 21.8. The standard InChI is InChI=1S/C20H25NO6S/c1-5-13-10-17(22)27-18-11(2)16(7-6-14(13)18)26-12(3)19(23)21-15(20(24)25)8-9-28-4/h6-7,10,12,15H,5,8-9H2,1-4H3,(H,21,23)(H,24,25)/p-1/t12-,15-/m0/s1. The van der Waals surface area contributed by atoms with Crippen molar-refractivity contribution in [2.24, 2.45) is 0 Å². The zero-order chi connectivity index (χ0) is 20.8. The zero-order valence-electron chi connectivity index (χ0n) is 16.4. The Labute approximate surface area is 167 Å². The lowest BCUT2D eigenvalue weighted by Crippen LogP contribution is -2.51. The topological polar surface area (TPSA) is 109 Å². The van der Waals surface area contributed by atoms with Crippen molar-refractivity contribution in [3.8, 4) is 5.75 Å². The van der Waals surface area contributed by atoms with Gasteiger partial charge in [0.25, 0.3) is 5.91 Å². The molecule has 152 valence electrons. The molecule has 1 aromatic carbocycles. The van der Waals surface area contributed by atoms with Crippen LogP contribution in [0.5, 0.6) is 5.75 Å². The summed E-state index contributed by atoms with van der Waals surface area (Å²) >= 11 is 1.48. The van der Waals surface area contributed by atoms with Gasteiger partial charge in [-0.1, -0.05) is 6.92 Å². The van der Waals surface area contributed by atoms with E-state index in [2.05, 4.69) is 5.32 Å². The van der Waals surface area contributed by atoms with Crippen molar-refractivity contribution in [2.45, 2.75) is 45.8 Å². The maximum atomic E-state index is 12.3. The molecule has 0 aliphatic heterocycles. The highest BCUT2D eigenvalue weighted by Gasteiger charge is 2.21. The minimum atomic E-state index is -1.33. The summed E-state index contributed by atoms with van der Waals surface area (Å²) in [6.07, 6.45) is 1.86. The minimum absolute atomic E-state index is 0.266. The third-order valence-corrected chi connectivity index (χ3v) is 5.11. The number of amides is 1. The van der Waals surface area contributed by atoms with E-state index in [0.29, 0.717) is 29.1 Å². The summed E-state index contributed by atoms with van der Waals surface area (Å²) in [6.45, 7) is 5.22. The van der Waals surface area contributed by atoms with Gasteiger partial charge in [0.15, 0.2) is 6.10 Å². The summed E-state index contributed by atoms with van der Waals surface area (Å²) in [7, 11) is 0. The molecule has 1 amide bonds. The second-order valence-electron chi connectivity index (χ2n) is 6.43. The lowest BCUT2D eigenvalue weighted by molar-refractivity contribution is -0.308. The van der Waals surface area contributed by atoms with Gasteiger partial charge < -0.3 is 24.4 Å². The van der Waals surface area contributed by atoms with E-state index in [1.165, 1.54) is 24.8 Å². The fourth-order valence-corrected chi connectivity index (χ4v) is 3.32. The highest BCUT2D eigenvalue weighted by molar-refractivity contribution is 7.98. The molecule has 2 rings (SSSR count). The Hall–Kier alpha value is -2.48. The van der Waals surface area contributed by atoms with Crippen LogP contribution in [0, 0.1) is 6.92 Å². The van der Waals surface area contributed by atoms with Crippen molar-refractivity contribution >= 4 is 34.6 Å². The summed E-state index contributed by atoms with van der Waals surface area (Å²) in [6, 6.07) is 3.89. The van der Waals surface area contributed by atoms with Gasteiger partial charge in [-0.3, -0.25) is 4.79 Å². The van der Waals surface area contributed by atoms with E-state index < -0.39 is 29.6 Å². The second kappa shape index (κ2) is 9.64. The molecule has 8 heteroatoms. The Morgan fingerprint density at radius 1 is 1.36 bits per heavy atom. The molecule has 0 spiro atoms. The number of hydrogen-bond acceptors (Lipinski definition) is 7. The van der Waals surface area contributed by atoms with Gasteiger partial charge in [-0.15, -0.1) is 0 Å². The molecule has 0 radical (unpaired) electrons. The molecule has 0 fully saturated rings. The van der Waals surface area contributed by atoms with E-state index in [-0.39, 0.29) is 6.42 Å². The van der Waals surface area contributed by atoms with Crippen molar-refractivity contribution in [2.75, 3.05) is 12.0 Å². The van der Waals surface area contributed by atoms with Crippen LogP contribution in [-0.2, 0) is 16.0 Å². The summed E-state index contributed by atoms with van der Waals surface area (Å²) < 4.78 is 11.1. The first-order valence-corrected chi connectivity index (χ1v) is 10.4. The summed E-state index contributed by atoms with van der Waals surface area (Å²) in [5, 5.41) is 14.5. The van der Waals surface area contributed by atoms with Crippen molar-refractivity contribution in [1.29, 1.82) is 0 Å². The smallest absolute Gasteiger partial charge is 0.336 e. The molecule has 2 atom stereocenters. The Kier molecular flexibility index (Phi) is 7.51. The average Bonchev–Trinajstić information content (AvgIpc) is 2.66. The molecule has 0 saturated heterocycles. The number of fused-ring (bicyclic) bond motifs is 1. The third kappa shape index (κ3) is 5.07. The molecule has 0 unspecified atom stereocenters. The number of aryl methyl sites for hydroxylation is 2. The monoisotopic (exact) mass is 406 g/mol. The minimum Gasteiger partial charge on any atom is -0.548 e. The van der Waals surface area contributed by atoms with E-state index in [1.807, 2.05) is 13.2 Å². The van der Waals surface area contributed by atoms with Crippen LogP contribution in [-0.4, -0.2) is 36.0 Å². The first-order chi connectivity index (χ1) is 13.3. The van der Waals surface area contributed by atoms with Crippen LogP contribution in [0.1, 0.15) is 31.4 Å². The predicted octanol–water partition coefficient (Wildman–Crippen LogP) is 1.42. The predicted molar refractivity (Wildman–Crippen MR) is 107 cm³/mol. The number of ether oxygens (including phenoxy) is 1. The molecule has 0 aliphatic carbocycles. The largest absolute Gasteiger partial charge is 0.548 e. The number of carboxylic acids is 1. The van der Waals surface area contributed by atoms with Gasteiger partial charge in [0.1, 0.15) is 11.3 Å². The SMILES string of the molecule is CCc1cc(=O)oc2c(C)c(O[C@@H](C)C(=O)N[C@@H](CCSC)C(=O)[O-])ccc12. The fraction of sp³-hybridized carbons (Fsp3) is 0.450.